The van der Waals surface area contributed by atoms with E-state index in [9.17, 15) is 5.11 Å². The molecular formula is C15H14N4O. The van der Waals surface area contributed by atoms with Gasteiger partial charge in [0.25, 0.3) is 0 Å². The SMILES string of the molecule is Cc1ccn2c(N=Nc3cccc(O)c3)c(C)nc2c1. The van der Waals surface area contributed by atoms with E-state index in [2.05, 4.69) is 15.2 Å². The summed E-state index contributed by atoms with van der Waals surface area (Å²) in [6.07, 6.45) is 1.93. The number of hydrogen-bond donors (Lipinski definition) is 1. The van der Waals surface area contributed by atoms with Crippen molar-refractivity contribution in [2.45, 2.75) is 13.8 Å². The molecular weight excluding hydrogens is 252 g/mol. The average Bonchev–Trinajstić information content (AvgIpc) is 2.71. The Hall–Kier alpha value is -2.69. The van der Waals surface area contributed by atoms with Gasteiger partial charge in [-0.1, -0.05) is 6.07 Å². The van der Waals surface area contributed by atoms with Gasteiger partial charge < -0.3 is 5.11 Å². The van der Waals surface area contributed by atoms with Crippen LogP contribution < -0.4 is 0 Å². The lowest BCUT2D eigenvalue weighted by molar-refractivity contribution is 0.475. The van der Waals surface area contributed by atoms with Gasteiger partial charge in [-0.3, -0.25) is 4.40 Å². The maximum Gasteiger partial charge on any atom is 0.182 e. The highest BCUT2D eigenvalue weighted by Crippen LogP contribution is 2.25. The van der Waals surface area contributed by atoms with Crippen LogP contribution in [0.2, 0.25) is 0 Å². The summed E-state index contributed by atoms with van der Waals surface area (Å²) in [5, 5.41) is 17.8. The lowest BCUT2D eigenvalue weighted by atomic mass is 10.3. The molecule has 0 saturated heterocycles. The number of aryl methyl sites for hydroxylation is 2. The Balaban J connectivity index is 2.04. The standard InChI is InChI=1S/C15H14N4O/c1-10-6-7-19-14(8-10)16-11(2)15(19)18-17-12-4-3-5-13(20)9-12/h3-9,20H,1-2H3. The van der Waals surface area contributed by atoms with E-state index in [1.165, 1.54) is 0 Å². The van der Waals surface area contributed by atoms with Gasteiger partial charge in [0.2, 0.25) is 0 Å². The van der Waals surface area contributed by atoms with Crippen LogP contribution in [0.25, 0.3) is 5.65 Å². The number of fused-ring (bicyclic) bond motifs is 1. The summed E-state index contributed by atoms with van der Waals surface area (Å²) in [5.41, 5.74) is 3.43. The molecule has 0 fully saturated rings. The number of aromatic nitrogens is 2. The Morgan fingerprint density at radius 1 is 1.10 bits per heavy atom. The van der Waals surface area contributed by atoms with E-state index in [0.717, 1.165) is 16.9 Å². The second-order valence-electron chi connectivity index (χ2n) is 4.67. The van der Waals surface area contributed by atoms with Crippen molar-refractivity contribution < 1.29 is 5.11 Å². The Morgan fingerprint density at radius 2 is 1.95 bits per heavy atom. The van der Waals surface area contributed by atoms with Crippen LogP contribution in [0.3, 0.4) is 0 Å². The maximum absolute atomic E-state index is 9.41. The topological polar surface area (TPSA) is 62.2 Å². The van der Waals surface area contributed by atoms with Crippen molar-refractivity contribution in [3.8, 4) is 5.75 Å². The number of phenols is 1. The van der Waals surface area contributed by atoms with E-state index in [4.69, 9.17) is 0 Å². The van der Waals surface area contributed by atoms with Gasteiger partial charge >= 0.3 is 0 Å². The lowest BCUT2D eigenvalue weighted by Crippen LogP contribution is -1.83. The molecule has 3 aromatic rings. The molecule has 3 rings (SSSR count). The molecule has 0 aliphatic carbocycles. The van der Waals surface area contributed by atoms with Crippen LogP contribution in [0.5, 0.6) is 5.75 Å². The predicted molar refractivity (Wildman–Crippen MR) is 76.9 cm³/mol. The minimum Gasteiger partial charge on any atom is -0.508 e. The first kappa shape index (κ1) is 12.3. The molecule has 0 radical (unpaired) electrons. The molecule has 5 nitrogen and oxygen atoms in total. The van der Waals surface area contributed by atoms with E-state index >= 15 is 0 Å². The highest BCUT2D eigenvalue weighted by Gasteiger charge is 2.07. The van der Waals surface area contributed by atoms with Gasteiger partial charge in [0.1, 0.15) is 11.4 Å². The monoisotopic (exact) mass is 266 g/mol. The number of phenolic OH excluding ortho intramolecular Hbond substituents is 1. The van der Waals surface area contributed by atoms with Gasteiger partial charge in [-0.05, 0) is 43.7 Å². The van der Waals surface area contributed by atoms with Crippen molar-refractivity contribution in [3.63, 3.8) is 0 Å². The largest absolute Gasteiger partial charge is 0.508 e. The number of nitrogens with zero attached hydrogens (tertiary/aromatic N) is 4. The molecule has 2 heterocycles. The third kappa shape index (κ3) is 2.25. The molecule has 1 aromatic carbocycles. The van der Waals surface area contributed by atoms with Crippen molar-refractivity contribution in [1.29, 1.82) is 0 Å². The number of rotatable bonds is 2. The van der Waals surface area contributed by atoms with E-state index < -0.39 is 0 Å². The summed E-state index contributed by atoms with van der Waals surface area (Å²) in [6, 6.07) is 10.7. The molecule has 0 unspecified atom stereocenters. The number of aromatic hydroxyl groups is 1. The van der Waals surface area contributed by atoms with Crippen LogP contribution >= 0.6 is 0 Å². The first-order valence-corrected chi connectivity index (χ1v) is 6.29. The Kier molecular flexibility index (Phi) is 2.95. The highest BCUT2D eigenvalue weighted by atomic mass is 16.3. The van der Waals surface area contributed by atoms with E-state index in [1.807, 2.05) is 36.6 Å². The minimum atomic E-state index is 0.173. The summed E-state index contributed by atoms with van der Waals surface area (Å²) in [4.78, 5) is 4.46. The molecule has 20 heavy (non-hydrogen) atoms. The molecule has 0 amide bonds. The molecule has 1 N–H and O–H groups in total. The summed E-state index contributed by atoms with van der Waals surface area (Å²) < 4.78 is 1.90. The molecule has 0 aliphatic heterocycles. The molecule has 0 spiro atoms. The quantitative estimate of drug-likeness (QED) is 0.710. The number of pyridine rings is 1. The molecule has 0 atom stereocenters. The minimum absolute atomic E-state index is 0.173. The number of azo groups is 1. The molecule has 0 aliphatic rings. The van der Waals surface area contributed by atoms with Crippen LogP contribution in [0.15, 0.2) is 52.8 Å². The summed E-state index contributed by atoms with van der Waals surface area (Å²) in [6.45, 7) is 3.93. The first-order valence-electron chi connectivity index (χ1n) is 6.29. The van der Waals surface area contributed by atoms with Gasteiger partial charge in [0.15, 0.2) is 5.82 Å². The predicted octanol–water partition coefficient (Wildman–Crippen LogP) is 4.07. The van der Waals surface area contributed by atoms with Crippen LogP contribution in [0.1, 0.15) is 11.3 Å². The first-order chi connectivity index (χ1) is 9.63. The van der Waals surface area contributed by atoms with Gasteiger partial charge in [0.05, 0.1) is 11.4 Å². The number of hydrogen-bond acceptors (Lipinski definition) is 4. The molecule has 0 bridgehead atoms. The van der Waals surface area contributed by atoms with Gasteiger partial charge in [-0.2, -0.15) is 0 Å². The van der Waals surface area contributed by atoms with Gasteiger partial charge in [-0.15, -0.1) is 10.2 Å². The number of imidazole rings is 1. The highest BCUT2D eigenvalue weighted by molar-refractivity contribution is 5.53. The zero-order valence-corrected chi connectivity index (χ0v) is 11.3. The van der Waals surface area contributed by atoms with Crippen molar-refractivity contribution in [3.05, 3.63) is 53.9 Å². The molecule has 2 aromatic heterocycles. The average molecular weight is 266 g/mol. The van der Waals surface area contributed by atoms with Crippen molar-refractivity contribution in [2.24, 2.45) is 10.2 Å². The van der Waals surface area contributed by atoms with E-state index in [-0.39, 0.29) is 5.75 Å². The smallest absolute Gasteiger partial charge is 0.182 e. The Labute approximate surface area is 116 Å². The Morgan fingerprint density at radius 3 is 2.75 bits per heavy atom. The fourth-order valence-corrected chi connectivity index (χ4v) is 2.03. The molecule has 0 saturated carbocycles. The second-order valence-corrected chi connectivity index (χ2v) is 4.67. The van der Waals surface area contributed by atoms with Gasteiger partial charge in [0, 0.05) is 12.3 Å². The Bertz CT molecular complexity index is 805. The van der Waals surface area contributed by atoms with Gasteiger partial charge in [-0.25, -0.2) is 4.98 Å². The van der Waals surface area contributed by atoms with Crippen LogP contribution in [0, 0.1) is 13.8 Å². The summed E-state index contributed by atoms with van der Waals surface area (Å²) >= 11 is 0. The molecule has 5 heteroatoms. The normalized spacial score (nSPS) is 11.5. The van der Waals surface area contributed by atoms with Crippen molar-refractivity contribution in [1.82, 2.24) is 9.38 Å². The second kappa shape index (κ2) is 4.77. The van der Waals surface area contributed by atoms with Crippen molar-refractivity contribution in [2.75, 3.05) is 0 Å². The lowest BCUT2D eigenvalue weighted by Gasteiger charge is -1.98. The van der Waals surface area contributed by atoms with E-state index in [0.29, 0.717) is 11.5 Å². The van der Waals surface area contributed by atoms with Crippen LogP contribution in [0.4, 0.5) is 11.5 Å². The van der Waals surface area contributed by atoms with Crippen LogP contribution in [-0.2, 0) is 0 Å². The zero-order chi connectivity index (χ0) is 14.1. The number of benzene rings is 1. The fourth-order valence-electron chi connectivity index (χ4n) is 2.03. The van der Waals surface area contributed by atoms with Crippen molar-refractivity contribution >= 4 is 17.2 Å². The third-order valence-corrected chi connectivity index (χ3v) is 3.01. The fraction of sp³-hybridized carbons (Fsp3) is 0.133. The van der Waals surface area contributed by atoms with Crippen LogP contribution in [-0.4, -0.2) is 14.5 Å². The summed E-state index contributed by atoms with van der Waals surface area (Å²) in [7, 11) is 0. The zero-order valence-electron chi connectivity index (χ0n) is 11.3. The van der Waals surface area contributed by atoms with E-state index in [1.54, 1.807) is 24.3 Å². The summed E-state index contributed by atoms with van der Waals surface area (Å²) in [5.74, 6) is 0.871. The maximum atomic E-state index is 9.41. The molecule has 100 valence electrons. The third-order valence-electron chi connectivity index (χ3n) is 3.01.